The highest BCUT2D eigenvalue weighted by atomic mass is 35.5. The minimum absolute atomic E-state index is 0.0660. The van der Waals surface area contributed by atoms with E-state index < -0.39 is 0 Å². The molecule has 4 nitrogen and oxygen atoms in total. The van der Waals surface area contributed by atoms with Crippen LogP contribution in [0.5, 0.6) is 0 Å². The second-order valence-electron chi connectivity index (χ2n) is 9.43. The summed E-state index contributed by atoms with van der Waals surface area (Å²) in [5.41, 5.74) is 5.78. The van der Waals surface area contributed by atoms with E-state index in [0.717, 1.165) is 73.0 Å². The van der Waals surface area contributed by atoms with Gasteiger partial charge in [0.2, 0.25) is 0 Å². The molecule has 2 aromatic carbocycles. The molecule has 0 radical (unpaired) electrons. The number of hydrogen-bond donors (Lipinski definition) is 1. The summed E-state index contributed by atoms with van der Waals surface area (Å²) in [6, 6.07) is 12.8. The summed E-state index contributed by atoms with van der Waals surface area (Å²) < 4.78 is 15.5. The summed E-state index contributed by atoms with van der Waals surface area (Å²) in [5.74, 6) is -0.0957. The fraction of sp³-hybridized carbons (Fsp3) is 0.407. The quantitative estimate of drug-likeness (QED) is 0.449. The number of benzene rings is 2. The van der Waals surface area contributed by atoms with E-state index in [1.54, 1.807) is 0 Å². The molecule has 2 aliphatic rings. The fourth-order valence-corrected chi connectivity index (χ4v) is 5.32. The highest BCUT2D eigenvalue weighted by Gasteiger charge is 2.32. The molecule has 1 aromatic heterocycles. The van der Waals surface area contributed by atoms with Crippen molar-refractivity contribution in [3.8, 4) is 5.69 Å². The lowest BCUT2D eigenvalue weighted by molar-refractivity contribution is 0.0910. The van der Waals surface area contributed by atoms with Gasteiger partial charge in [-0.2, -0.15) is 5.10 Å². The standard InChI is InChI=1S/C27H29ClFN3O/c1-17-15-20(28)11-14-24(17)32-26-19(16-18-9-12-21(29)13-10-18)5-2-3-8-23(26)25(31-32)27(33)30-22-6-4-7-22/h9-15,19,22H,2-8,16H2,1H3,(H,30,33). The first-order chi connectivity index (χ1) is 16.0. The zero-order chi connectivity index (χ0) is 22.9. The van der Waals surface area contributed by atoms with Crippen molar-refractivity contribution in [3.05, 3.63) is 81.4 Å². The molecule has 33 heavy (non-hydrogen) atoms. The molecule has 1 heterocycles. The van der Waals surface area contributed by atoms with Gasteiger partial charge in [-0.25, -0.2) is 9.07 Å². The van der Waals surface area contributed by atoms with Crippen LogP contribution in [0.25, 0.3) is 5.69 Å². The van der Waals surface area contributed by atoms with E-state index in [0.29, 0.717) is 10.7 Å². The first-order valence-corrected chi connectivity index (χ1v) is 12.3. The number of rotatable bonds is 5. The number of aromatic nitrogens is 2. The highest BCUT2D eigenvalue weighted by molar-refractivity contribution is 6.30. The Balaban J connectivity index is 1.61. The number of nitrogens with zero attached hydrogens (tertiary/aromatic N) is 2. The number of halogens is 2. The third-order valence-electron chi connectivity index (χ3n) is 7.08. The molecule has 5 rings (SSSR count). The monoisotopic (exact) mass is 465 g/mol. The molecule has 2 aliphatic carbocycles. The van der Waals surface area contributed by atoms with Crippen molar-refractivity contribution in [2.45, 2.75) is 70.3 Å². The van der Waals surface area contributed by atoms with Crippen molar-refractivity contribution >= 4 is 17.5 Å². The average molecular weight is 466 g/mol. The van der Waals surface area contributed by atoms with Gasteiger partial charge in [0.15, 0.2) is 5.69 Å². The van der Waals surface area contributed by atoms with Crippen LogP contribution < -0.4 is 5.32 Å². The van der Waals surface area contributed by atoms with Gasteiger partial charge in [0.1, 0.15) is 5.82 Å². The van der Waals surface area contributed by atoms with E-state index in [9.17, 15) is 9.18 Å². The number of nitrogens with one attached hydrogen (secondary N) is 1. The summed E-state index contributed by atoms with van der Waals surface area (Å²) in [7, 11) is 0. The molecular weight excluding hydrogens is 437 g/mol. The zero-order valence-electron chi connectivity index (χ0n) is 18.9. The van der Waals surface area contributed by atoms with Crippen LogP contribution in [-0.4, -0.2) is 21.7 Å². The average Bonchev–Trinajstić information content (AvgIpc) is 3.01. The van der Waals surface area contributed by atoms with Gasteiger partial charge in [-0.3, -0.25) is 4.79 Å². The minimum atomic E-state index is -0.225. The molecule has 172 valence electrons. The van der Waals surface area contributed by atoms with Gasteiger partial charge >= 0.3 is 0 Å². The summed E-state index contributed by atoms with van der Waals surface area (Å²) in [6.07, 6.45) is 8.00. The summed E-state index contributed by atoms with van der Waals surface area (Å²) in [5, 5.41) is 8.78. The Bertz CT molecular complexity index is 1170. The van der Waals surface area contributed by atoms with E-state index in [-0.39, 0.29) is 23.7 Å². The minimum Gasteiger partial charge on any atom is -0.348 e. The lowest BCUT2D eigenvalue weighted by Gasteiger charge is -2.26. The van der Waals surface area contributed by atoms with Gasteiger partial charge in [-0.15, -0.1) is 0 Å². The predicted octanol–water partition coefficient (Wildman–Crippen LogP) is 6.31. The smallest absolute Gasteiger partial charge is 0.272 e. The van der Waals surface area contributed by atoms with Gasteiger partial charge in [-0.05, 0) is 93.3 Å². The lowest BCUT2D eigenvalue weighted by atomic mass is 9.90. The van der Waals surface area contributed by atoms with Gasteiger partial charge in [0.25, 0.3) is 5.91 Å². The Morgan fingerprint density at radius 3 is 2.61 bits per heavy atom. The molecular formula is C27H29ClFN3O. The molecule has 0 spiro atoms. The van der Waals surface area contributed by atoms with E-state index >= 15 is 0 Å². The van der Waals surface area contributed by atoms with Crippen LogP contribution in [0.3, 0.4) is 0 Å². The first kappa shape index (κ1) is 22.1. The van der Waals surface area contributed by atoms with Gasteiger partial charge < -0.3 is 5.32 Å². The Hall–Kier alpha value is -2.66. The molecule has 1 atom stereocenters. The number of carbonyl (C=O) groups excluding carboxylic acids is 1. The van der Waals surface area contributed by atoms with Crippen LogP contribution in [0.15, 0.2) is 42.5 Å². The SMILES string of the molecule is Cc1cc(Cl)ccc1-n1nc(C(=O)NC2CCC2)c2c1C(Cc1ccc(F)cc1)CCCC2. The number of fused-ring (bicyclic) bond motifs is 1. The third kappa shape index (κ3) is 4.56. The highest BCUT2D eigenvalue weighted by Crippen LogP contribution is 2.37. The van der Waals surface area contributed by atoms with Crippen molar-refractivity contribution in [2.24, 2.45) is 0 Å². The molecule has 1 unspecified atom stereocenters. The van der Waals surface area contributed by atoms with Crippen molar-refractivity contribution < 1.29 is 9.18 Å². The summed E-state index contributed by atoms with van der Waals surface area (Å²) in [6.45, 7) is 2.02. The van der Waals surface area contributed by atoms with Gasteiger partial charge in [0.05, 0.1) is 11.4 Å². The largest absolute Gasteiger partial charge is 0.348 e. The fourth-order valence-electron chi connectivity index (χ4n) is 5.09. The molecule has 1 saturated carbocycles. The molecule has 3 aromatic rings. The third-order valence-corrected chi connectivity index (χ3v) is 7.31. The second kappa shape index (κ2) is 9.30. The first-order valence-electron chi connectivity index (χ1n) is 11.9. The van der Waals surface area contributed by atoms with E-state index in [4.69, 9.17) is 16.7 Å². The Morgan fingerprint density at radius 1 is 1.12 bits per heavy atom. The van der Waals surface area contributed by atoms with E-state index in [1.807, 2.05) is 41.9 Å². The number of amides is 1. The predicted molar refractivity (Wildman–Crippen MR) is 129 cm³/mol. The van der Waals surface area contributed by atoms with Crippen LogP contribution in [-0.2, 0) is 12.8 Å². The van der Waals surface area contributed by atoms with Crippen molar-refractivity contribution in [3.63, 3.8) is 0 Å². The normalized spacial score (nSPS) is 18.3. The van der Waals surface area contributed by atoms with Crippen LogP contribution >= 0.6 is 11.6 Å². The molecule has 1 amide bonds. The van der Waals surface area contributed by atoms with Crippen LogP contribution in [0.2, 0.25) is 5.02 Å². The van der Waals surface area contributed by atoms with Gasteiger partial charge in [-0.1, -0.05) is 30.2 Å². The van der Waals surface area contributed by atoms with Gasteiger partial charge in [0, 0.05) is 22.5 Å². The van der Waals surface area contributed by atoms with Crippen molar-refractivity contribution in [1.29, 1.82) is 0 Å². The van der Waals surface area contributed by atoms with E-state index in [2.05, 4.69) is 5.32 Å². The van der Waals surface area contributed by atoms with Crippen molar-refractivity contribution in [2.75, 3.05) is 0 Å². The van der Waals surface area contributed by atoms with Crippen LogP contribution in [0.4, 0.5) is 4.39 Å². The summed E-state index contributed by atoms with van der Waals surface area (Å²) >= 11 is 6.23. The molecule has 6 heteroatoms. The molecule has 0 saturated heterocycles. The number of aryl methyl sites for hydroxylation is 1. The number of carbonyl (C=O) groups is 1. The topological polar surface area (TPSA) is 46.9 Å². The Labute approximate surface area is 199 Å². The zero-order valence-corrected chi connectivity index (χ0v) is 19.7. The molecule has 1 fully saturated rings. The Morgan fingerprint density at radius 2 is 1.91 bits per heavy atom. The van der Waals surface area contributed by atoms with Crippen LogP contribution in [0, 0.1) is 12.7 Å². The van der Waals surface area contributed by atoms with Crippen molar-refractivity contribution in [1.82, 2.24) is 15.1 Å². The summed E-state index contributed by atoms with van der Waals surface area (Å²) in [4.78, 5) is 13.3. The maximum Gasteiger partial charge on any atom is 0.272 e. The molecule has 0 aliphatic heterocycles. The lowest BCUT2D eigenvalue weighted by Crippen LogP contribution is -2.40. The maximum absolute atomic E-state index is 13.5. The molecule has 1 N–H and O–H groups in total. The number of hydrogen-bond acceptors (Lipinski definition) is 2. The second-order valence-corrected chi connectivity index (χ2v) is 9.87. The Kier molecular flexibility index (Phi) is 6.24. The van der Waals surface area contributed by atoms with E-state index in [1.165, 1.54) is 18.6 Å². The maximum atomic E-state index is 13.5. The van der Waals surface area contributed by atoms with Crippen LogP contribution in [0.1, 0.15) is 77.3 Å². The molecule has 0 bridgehead atoms.